The van der Waals surface area contributed by atoms with Gasteiger partial charge in [-0.2, -0.15) is 0 Å². The van der Waals surface area contributed by atoms with Crippen molar-refractivity contribution in [3.05, 3.63) is 39.8 Å². The van der Waals surface area contributed by atoms with Crippen LogP contribution in [0.5, 0.6) is 0 Å². The van der Waals surface area contributed by atoms with Crippen LogP contribution in [-0.2, 0) is 11.2 Å². The van der Waals surface area contributed by atoms with E-state index in [1.165, 1.54) is 5.56 Å². The van der Waals surface area contributed by atoms with Gasteiger partial charge in [-0.25, -0.2) is 4.98 Å². The van der Waals surface area contributed by atoms with Gasteiger partial charge < -0.3 is 10.1 Å². The fraction of sp³-hybridized carbons (Fsp3) is 0.231. The summed E-state index contributed by atoms with van der Waals surface area (Å²) in [6, 6.07) is 6.02. The summed E-state index contributed by atoms with van der Waals surface area (Å²) in [4.78, 5) is 18.1. The minimum atomic E-state index is -0.878. The van der Waals surface area contributed by atoms with Gasteiger partial charge in [-0.3, -0.25) is 4.79 Å². The number of imidazole rings is 1. The van der Waals surface area contributed by atoms with Crippen LogP contribution in [0.15, 0.2) is 22.9 Å². The van der Waals surface area contributed by atoms with Crippen LogP contribution in [0.2, 0.25) is 0 Å². The van der Waals surface area contributed by atoms with Crippen molar-refractivity contribution in [2.45, 2.75) is 20.3 Å². The summed E-state index contributed by atoms with van der Waals surface area (Å²) in [5, 5.41) is 8.90. The van der Waals surface area contributed by atoms with Gasteiger partial charge in [0.1, 0.15) is 0 Å². The van der Waals surface area contributed by atoms with Gasteiger partial charge in [-0.15, -0.1) is 0 Å². The Morgan fingerprint density at radius 3 is 2.78 bits per heavy atom. The molecule has 0 spiro atoms. The number of nitrogens with one attached hydrogen (secondary N) is 1. The number of hydrogen-bond donors (Lipinski definition) is 2. The monoisotopic (exact) mass is 308 g/mol. The molecule has 1 aromatic heterocycles. The number of halogens is 1. The Morgan fingerprint density at radius 2 is 2.17 bits per heavy atom. The van der Waals surface area contributed by atoms with Crippen LogP contribution in [0, 0.1) is 13.8 Å². The fourth-order valence-electron chi connectivity index (χ4n) is 1.96. The van der Waals surface area contributed by atoms with Gasteiger partial charge in [0, 0.05) is 5.56 Å². The Balaban J connectivity index is 2.52. The van der Waals surface area contributed by atoms with E-state index in [0.717, 1.165) is 11.1 Å². The first-order valence-electron chi connectivity index (χ1n) is 5.51. The molecule has 0 aliphatic carbocycles. The van der Waals surface area contributed by atoms with E-state index in [0.29, 0.717) is 16.1 Å². The maximum Gasteiger partial charge on any atom is 0.309 e. The largest absolute Gasteiger partial charge is 0.481 e. The maximum atomic E-state index is 10.8. The fourth-order valence-corrected chi connectivity index (χ4v) is 2.38. The van der Waals surface area contributed by atoms with Crippen molar-refractivity contribution in [1.82, 2.24) is 9.97 Å². The van der Waals surface area contributed by atoms with Gasteiger partial charge in [-0.1, -0.05) is 23.8 Å². The molecular weight excluding hydrogens is 296 g/mol. The second-order valence-electron chi connectivity index (χ2n) is 4.24. The third kappa shape index (κ3) is 2.61. The number of nitrogens with zero attached hydrogens (tertiary/aromatic N) is 1. The Hall–Kier alpha value is -1.62. The molecular formula is C13H13BrN2O2. The number of aliphatic carboxylic acids is 1. The summed E-state index contributed by atoms with van der Waals surface area (Å²) < 4.78 is 0.550. The zero-order valence-electron chi connectivity index (χ0n) is 10.1. The van der Waals surface area contributed by atoms with E-state index >= 15 is 0 Å². The molecule has 0 fully saturated rings. The molecule has 0 atom stereocenters. The van der Waals surface area contributed by atoms with Crippen molar-refractivity contribution in [2.75, 3.05) is 0 Å². The second kappa shape index (κ2) is 4.94. The Morgan fingerprint density at radius 1 is 1.44 bits per heavy atom. The number of carboxylic acids is 1. The van der Waals surface area contributed by atoms with Crippen LogP contribution >= 0.6 is 15.9 Å². The number of benzene rings is 1. The average Bonchev–Trinajstić information content (AvgIpc) is 2.58. The molecule has 2 N–H and O–H groups in total. The third-order valence-corrected chi connectivity index (χ3v) is 3.09. The van der Waals surface area contributed by atoms with E-state index in [1.807, 2.05) is 26.0 Å². The standard InChI is InChI=1S/C13H13BrN2O2/c1-7-3-4-9(8(2)5-7)12-10(6-11(17)18)15-13(14)16-12/h3-5H,6H2,1-2H3,(H,15,16)(H,17,18). The Labute approximate surface area is 113 Å². The van der Waals surface area contributed by atoms with Gasteiger partial charge in [-0.05, 0) is 35.3 Å². The van der Waals surface area contributed by atoms with Crippen molar-refractivity contribution < 1.29 is 9.90 Å². The maximum absolute atomic E-state index is 10.8. The summed E-state index contributed by atoms with van der Waals surface area (Å²) >= 11 is 3.25. The highest BCUT2D eigenvalue weighted by molar-refractivity contribution is 9.10. The van der Waals surface area contributed by atoms with Gasteiger partial charge in [0.25, 0.3) is 0 Å². The number of rotatable bonds is 3. The zero-order valence-corrected chi connectivity index (χ0v) is 11.7. The SMILES string of the molecule is Cc1ccc(-c2nc(Br)[nH]c2CC(=O)O)c(C)c1. The average molecular weight is 309 g/mol. The molecule has 0 bridgehead atoms. The number of H-pyrrole nitrogens is 1. The third-order valence-electron chi connectivity index (χ3n) is 2.71. The van der Waals surface area contributed by atoms with E-state index in [1.54, 1.807) is 0 Å². The zero-order chi connectivity index (χ0) is 13.3. The molecule has 18 heavy (non-hydrogen) atoms. The van der Waals surface area contributed by atoms with E-state index in [9.17, 15) is 4.79 Å². The number of aromatic nitrogens is 2. The lowest BCUT2D eigenvalue weighted by Crippen LogP contribution is -2.02. The minimum absolute atomic E-state index is 0.0682. The van der Waals surface area contributed by atoms with E-state index in [-0.39, 0.29) is 6.42 Å². The molecule has 0 radical (unpaired) electrons. The van der Waals surface area contributed by atoms with Gasteiger partial charge >= 0.3 is 5.97 Å². The lowest BCUT2D eigenvalue weighted by Gasteiger charge is -2.06. The number of carbonyl (C=O) groups is 1. The molecule has 94 valence electrons. The van der Waals surface area contributed by atoms with E-state index in [4.69, 9.17) is 5.11 Å². The number of hydrogen-bond acceptors (Lipinski definition) is 2. The smallest absolute Gasteiger partial charge is 0.309 e. The molecule has 5 heteroatoms. The number of carboxylic acid groups (broad SMARTS) is 1. The Bertz CT molecular complexity index is 605. The van der Waals surface area contributed by atoms with E-state index in [2.05, 4.69) is 32.0 Å². The highest BCUT2D eigenvalue weighted by Crippen LogP contribution is 2.27. The van der Waals surface area contributed by atoms with Crippen LogP contribution in [0.4, 0.5) is 0 Å². The molecule has 0 aliphatic heterocycles. The first kappa shape index (κ1) is 12.8. The highest BCUT2D eigenvalue weighted by Gasteiger charge is 2.15. The Kier molecular flexibility index (Phi) is 3.52. The molecule has 0 saturated carbocycles. The van der Waals surface area contributed by atoms with E-state index < -0.39 is 5.97 Å². The van der Waals surface area contributed by atoms with Gasteiger partial charge in [0.2, 0.25) is 0 Å². The first-order valence-corrected chi connectivity index (χ1v) is 6.30. The minimum Gasteiger partial charge on any atom is -0.481 e. The highest BCUT2D eigenvalue weighted by atomic mass is 79.9. The number of aromatic amines is 1. The molecule has 4 nitrogen and oxygen atoms in total. The molecule has 0 unspecified atom stereocenters. The topological polar surface area (TPSA) is 66.0 Å². The van der Waals surface area contributed by atoms with Crippen LogP contribution in [0.3, 0.4) is 0 Å². The molecule has 1 aromatic carbocycles. The summed E-state index contributed by atoms with van der Waals surface area (Å²) in [6.07, 6.45) is -0.0682. The van der Waals surface area contributed by atoms with Crippen LogP contribution < -0.4 is 0 Å². The van der Waals surface area contributed by atoms with Crippen LogP contribution in [0.25, 0.3) is 11.3 Å². The normalized spacial score (nSPS) is 10.6. The summed E-state index contributed by atoms with van der Waals surface area (Å²) in [7, 11) is 0. The predicted molar refractivity (Wildman–Crippen MR) is 72.5 cm³/mol. The molecule has 1 heterocycles. The predicted octanol–water partition coefficient (Wildman–Crippen LogP) is 3.08. The van der Waals surface area contributed by atoms with Crippen LogP contribution in [-0.4, -0.2) is 21.0 Å². The van der Waals surface area contributed by atoms with Crippen molar-refractivity contribution in [3.8, 4) is 11.3 Å². The van der Waals surface area contributed by atoms with Gasteiger partial charge in [0.05, 0.1) is 17.8 Å². The van der Waals surface area contributed by atoms with Crippen molar-refractivity contribution >= 4 is 21.9 Å². The quantitative estimate of drug-likeness (QED) is 0.915. The summed E-state index contributed by atoms with van der Waals surface area (Å²) in [5.74, 6) is -0.878. The van der Waals surface area contributed by atoms with Crippen molar-refractivity contribution in [2.24, 2.45) is 0 Å². The molecule has 2 rings (SSSR count). The molecule has 2 aromatic rings. The molecule has 0 saturated heterocycles. The van der Waals surface area contributed by atoms with Crippen LogP contribution in [0.1, 0.15) is 16.8 Å². The van der Waals surface area contributed by atoms with Crippen molar-refractivity contribution in [3.63, 3.8) is 0 Å². The van der Waals surface area contributed by atoms with Crippen molar-refractivity contribution in [1.29, 1.82) is 0 Å². The van der Waals surface area contributed by atoms with Gasteiger partial charge in [0.15, 0.2) is 4.73 Å². The first-order chi connectivity index (χ1) is 8.47. The second-order valence-corrected chi connectivity index (χ2v) is 4.99. The lowest BCUT2D eigenvalue weighted by molar-refractivity contribution is -0.136. The number of aryl methyl sites for hydroxylation is 2. The summed E-state index contributed by atoms with van der Waals surface area (Å²) in [6.45, 7) is 4.02. The summed E-state index contributed by atoms with van der Waals surface area (Å²) in [5.41, 5.74) is 4.52. The molecule has 0 aliphatic rings. The lowest BCUT2D eigenvalue weighted by atomic mass is 10.0. The molecule has 0 amide bonds.